The summed E-state index contributed by atoms with van der Waals surface area (Å²) >= 11 is 3.35. The van der Waals surface area contributed by atoms with Crippen molar-refractivity contribution >= 4 is 34.3 Å². The van der Waals surface area contributed by atoms with E-state index in [-0.39, 0.29) is 24.1 Å². The van der Waals surface area contributed by atoms with Gasteiger partial charge in [-0.3, -0.25) is 4.79 Å². The highest BCUT2D eigenvalue weighted by atomic mass is 79.9. The minimum atomic E-state index is -0.870. The smallest absolute Gasteiger partial charge is 0.313 e. The molecule has 0 bridgehead atoms. The number of phenols is 1. The number of nitrogens with two attached hydrogens (primary N) is 1. The lowest BCUT2D eigenvalue weighted by Crippen LogP contribution is -2.37. The molecule has 1 atom stereocenters. The second-order valence-electron chi connectivity index (χ2n) is 4.40. The molecule has 0 radical (unpaired) electrons. The number of methoxy groups -OCH3 is 1. The van der Waals surface area contributed by atoms with Gasteiger partial charge in [-0.25, -0.2) is 0 Å². The predicted octanol–water partition coefficient (Wildman–Crippen LogP) is 2.78. The minimum Gasteiger partial charge on any atom is -0.508 e. The number of hydrogen-bond donors (Lipinski definition) is 2. The van der Waals surface area contributed by atoms with Gasteiger partial charge < -0.3 is 15.6 Å². The van der Waals surface area contributed by atoms with Gasteiger partial charge in [0.1, 0.15) is 5.75 Å². The van der Waals surface area contributed by atoms with Crippen LogP contribution in [0, 0.1) is 5.41 Å². The quantitative estimate of drug-likeness (QED) is 0.831. The number of rotatable bonds is 3. The molecule has 18 heavy (non-hydrogen) atoms. The normalized spacial score (nSPS) is 12.5. The van der Waals surface area contributed by atoms with Gasteiger partial charge in [-0.2, -0.15) is 0 Å². The van der Waals surface area contributed by atoms with E-state index in [1.54, 1.807) is 32.0 Å². The molecule has 0 fully saturated rings. The van der Waals surface area contributed by atoms with Crippen LogP contribution in [-0.2, 0) is 9.53 Å². The van der Waals surface area contributed by atoms with Gasteiger partial charge in [0.25, 0.3) is 0 Å². The molecule has 102 valence electrons. The molecule has 0 saturated heterocycles. The van der Waals surface area contributed by atoms with Crippen molar-refractivity contribution in [3.63, 3.8) is 0 Å². The van der Waals surface area contributed by atoms with Crippen LogP contribution in [0.4, 0.5) is 0 Å². The van der Waals surface area contributed by atoms with Gasteiger partial charge >= 0.3 is 5.97 Å². The summed E-state index contributed by atoms with van der Waals surface area (Å²) < 4.78 is 5.48. The zero-order valence-corrected chi connectivity index (χ0v) is 12.8. The SMILES string of the molecule is COC(=O)C(C)(C)[C@@H](N)c1cc(O)ccc1Br.Cl. The zero-order valence-electron chi connectivity index (χ0n) is 10.4. The molecule has 0 saturated carbocycles. The summed E-state index contributed by atoms with van der Waals surface area (Å²) in [6.07, 6.45) is 0. The van der Waals surface area contributed by atoms with E-state index in [2.05, 4.69) is 15.9 Å². The molecule has 1 aromatic rings. The molecule has 0 spiro atoms. The summed E-state index contributed by atoms with van der Waals surface area (Å²) in [4.78, 5) is 11.7. The third-order valence-corrected chi connectivity index (χ3v) is 3.53. The number of hydrogen-bond acceptors (Lipinski definition) is 4. The molecule has 0 amide bonds. The lowest BCUT2D eigenvalue weighted by molar-refractivity contribution is -0.152. The summed E-state index contributed by atoms with van der Waals surface area (Å²) in [6.45, 7) is 3.42. The highest BCUT2D eigenvalue weighted by Crippen LogP contribution is 2.37. The van der Waals surface area contributed by atoms with Crippen molar-refractivity contribution in [2.75, 3.05) is 7.11 Å². The predicted molar refractivity (Wildman–Crippen MR) is 75.8 cm³/mol. The third-order valence-electron chi connectivity index (χ3n) is 2.80. The molecule has 0 aliphatic carbocycles. The number of carbonyl (C=O) groups excluding carboxylic acids is 1. The molecule has 0 aromatic heterocycles. The number of carbonyl (C=O) groups is 1. The first-order valence-corrected chi connectivity index (χ1v) is 5.92. The molecule has 0 aliphatic heterocycles. The van der Waals surface area contributed by atoms with E-state index in [9.17, 15) is 9.90 Å². The Kier molecular flexibility index (Phi) is 6.13. The van der Waals surface area contributed by atoms with Gasteiger partial charge in [0.05, 0.1) is 12.5 Å². The van der Waals surface area contributed by atoms with E-state index in [4.69, 9.17) is 10.5 Å². The van der Waals surface area contributed by atoms with Crippen LogP contribution in [0.15, 0.2) is 22.7 Å². The Labute approximate surface area is 121 Å². The highest BCUT2D eigenvalue weighted by Gasteiger charge is 2.37. The van der Waals surface area contributed by atoms with Gasteiger partial charge in [-0.05, 0) is 37.6 Å². The fraction of sp³-hybridized carbons (Fsp3) is 0.417. The average molecular weight is 339 g/mol. The molecule has 0 aliphatic rings. The van der Waals surface area contributed by atoms with Crippen molar-refractivity contribution in [2.24, 2.45) is 11.1 Å². The number of ether oxygens (including phenoxy) is 1. The van der Waals surface area contributed by atoms with E-state index in [0.717, 1.165) is 4.47 Å². The van der Waals surface area contributed by atoms with Crippen LogP contribution in [0.1, 0.15) is 25.5 Å². The molecule has 3 N–H and O–H groups in total. The third kappa shape index (κ3) is 3.37. The molecule has 1 rings (SSSR count). The van der Waals surface area contributed by atoms with Crippen LogP contribution >= 0.6 is 28.3 Å². The molecule has 0 unspecified atom stereocenters. The van der Waals surface area contributed by atoms with Crippen LogP contribution in [0.25, 0.3) is 0 Å². The first-order valence-electron chi connectivity index (χ1n) is 5.13. The topological polar surface area (TPSA) is 72.5 Å². The lowest BCUT2D eigenvalue weighted by Gasteiger charge is -2.29. The highest BCUT2D eigenvalue weighted by molar-refractivity contribution is 9.10. The van der Waals surface area contributed by atoms with Gasteiger partial charge in [0.15, 0.2) is 0 Å². The van der Waals surface area contributed by atoms with E-state index in [1.165, 1.54) is 7.11 Å². The molecule has 4 nitrogen and oxygen atoms in total. The first-order chi connectivity index (χ1) is 7.80. The Morgan fingerprint density at radius 2 is 2.06 bits per heavy atom. The van der Waals surface area contributed by atoms with Gasteiger partial charge in [0, 0.05) is 10.5 Å². The Bertz CT molecular complexity index is 437. The summed E-state index contributed by atoms with van der Waals surface area (Å²) in [7, 11) is 1.33. The van der Waals surface area contributed by atoms with E-state index < -0.39 is 11.5 Å². The van der Waals surface area contributed by atoms with E-state index in [1.807, 2.05) is 0 Å². The van der Waals surface area contributed by atoms with Crippen LogP contribution in [0.2, 0.25) is 0 Å². The number of aromatic hydroxyl groups is 1. The largest absolute Gasteiger partial charge is 0.508 e. The van der Waals surface area contributed by atoms with Crippen LogP contribution in [-0.4, -0.2) is 18.2 Å². The molecular formula is C12H17BrClNO3. The van der Waals surface area contributed by atoms with Crippen molar-refractivity contribution in [2.45, 2.75) is 19.9 Å². The van der Waals surface area contributed by atoms with Crippen molar-refractivity contribution in [1.82, 2.24) is 0 Å². The fourth-order valence-corrected chi connectivity index (χ4v) is 2.04. The summed E-state index contributed by atoms with van der Waals surface area (Å²) in [6, 6.07) is 4.21. The van der Waals surface area contributed by atoms with E-state index >= 15 is 0 Å². The molecular weight excluding hydrogens is 321 g/mol. The molecule has 1 aromatic carbocycles. The number of benzene rings is 1. The maximum Gasteiger partial charge on any atom is 0.313 e. The molecule has 6 heteroatoms. The first kappa shape index (κ1) is 17.2. The van der Waals surface area contributed by atoms with Crippen LogP contribution < -0.4 is 5.73 Å². The fourth-order valence-electron chi connectivity index (χ4n) is 1.55. The maximum absolute atomic E-state index is 11.7. The molecule has 0 heterocycles. The maximum atomic E-state index is 11.7. The summed E-state index contributed by atoms with van der Waals surface area (Å²) in [5.74, 6) is -0.278. The van der Waals surface area contributed by atoms with Gasteiger partial charge in [-0.15, -0.1) is 12.4 Å². The number of esters is 1. The standard InChI is InChI=1S/C12H16BrNO3.ClH/c1-12(2,11(16)17-3)10(14)8-6-7(15)4-5-9(8)13;/h4-6,10,15H,14H2,1-3H3;1H/t10-;/m0./s1. The Balaban J connectivity index is 0.00000289. The van der Waals surface area contributed by atoms with Crippen LogP contribution in [0.5, 0.6) is 5.75 Å². The average Bonchev–Trinajstić information content (AvgIpc) is 2.30. The van der Waals surface area contributed by atoms with Crippen LogP contribution in [0.3, 0.4) is 0 Å². The summed E-state index contributed by atoms with van der Waals surface area (Å²) in [5, 5.41) is 9.46. The van der Waals surface area contributed by atoms with Gasteiger partial charge in [0.2, 0.25) is 0 Å². The van der Waals surface area contributed by atoms with Crippen molar-refractivity contribution < 1.29 is 14.6 Å². The second kappa shape index (κ2) is 6.41. The van der Waals surface area contributed by atoms with Crippen molar-refractivity contribution in [3.05, 3.63) is 28.2 Å². The lowest BCUT2D eigenvalue weighted by atomic mass is 9.81. The Morgan fingerprint density at radius 3 is 2.56 bits per heavy atom. The Hall–Kier alpha value is -0.780. The monoisotopic (exact) mass is 337 g/mol. The second-order valence-corrected chi connectivity index (χ2v) is 5.25. The number of halogens is 2. The minimum absolute atomic E-state index is 0. The Morgan fingerprint density at radius 1 is 1.50 bits per heavy atom. The number of phenolic OH excluding ortho intramolecular Hbond substituents is 1. The zero-order chi connectivity index (χ0) is 13.2. The van der Waals surface area contributed by atoms with Crippen molar-refractivity contribution in [1.29, 1.82) is 0 Å². The van der Waals surface area contributed by atoms with Gasteiger partial charge in [-0.1, -0.05) is 15.9 Å². The van der Waals surface area contributed by atoms with Crippen molar-refractivity contribution in [3.8, 4) is 5.75 Å². The van der Waals surface area contributed by atoms with E-state index in [0.29, 0.717) is 5.56 Å². The summed E-state index contributed by atoms with van der Waals surface area (Å²) in [5.41, 5.74) is 5.87.